The van der Waals surface area contributed by atoms with E-state index in [4.69, 9.17) is 14.7 Å². The molecule has 1 atom stereocenters. The van der Waals surface area contributed by atoms with Crippen molar-refractivity contribution in [3.8, 4) is 0 Å². The molecule has 58 valence electrons. The van der Waals surface area contributed by atoms with E-state index in [1.54, 1.807) is 0 Å². The average molecular weight is 145 g/mol. The molecule has 0 aromatic carbocycles. The third kappa shape index (κ3) is 1.68. The number of ether oxygens (including phenoxy) is 1. The van der Waals surface area contributed by atoms with Crippen molar-refractivity contribution in [3.05, 3.63) is 0 Å². The third-order valence-electron chi connectivity index (χ3n) is 1.24. The summed E-state index contributed by atoms with van der Waals surface area (Å²) in [4.78, 5) is 4.80. The Morgan fingerprint density at radius 2 is 2.70 bits per heavy atom. The van der Waals surface area contributed by atoms with E-state index in [0.29, 0.717) is 18.7 Å². The predicted octanol–water partition coefficient (Wildman–Crippen LogP) is 0.118. The van der Waals surface area contributed by atoms with E-state index < -0.39 is 0 Å². The van der Waals surface area contributed by atoms with Gasteiger partial charge in [-0.1, -0.05) is 5.16 Å². The molecule has 1 aliphatic heterocycles. The van der Waals surface area contributed by atoms with Gasteiger partial charge in [-0.15, -0.1) is 0 Å². The van der Waals surface area contributed by atoms with Gasteiger partial charge in [-0.2, -0.15) is 0 Å². The van der Waals surface area contributed by atoms with Crippen molar-refractivity contribution in [1.82, 2.24) is 0 Å². The molecular weight excluding hydrogens is 134 g/mol. The summed E-state index contributed by atoms with van der Waals surface area (Å²) in [7, 11) is 0. The van der Waals surface area contributed by atoms with Crippen LogP contribution in [0.4, 0.5) is 0 Å². The van der Waals surface area contributed by atoms with Gasteiger partial charge in [0.1, 0.15) is 0 Å². The fourth-order valence-corrected chi connectivity index (χ4v) is 0.769. The van der Waals surface area contributed by atoms with Crippen molar-refractivity contribution >= 4 is 5.71 Å². The number of hydrogen-bond donors (Lipinski definition) is 1. The Kier molecular flexibility index (Phi) is 2.65. The van der Waals surface area contributed by atoms with Gasteiger partial charge in [0.25, 0.3) is 0 Å². The van der Waals surface area contributed by atoms with Crippen molar-refractivity contribution in [3.63, 3.8) is 0 Å². The summed E-state index contributed by atoms with van der Waals surface area (Å²) in [5.41, 5.74) is 0.651. The molecule has 4 heteroatoms. The summed E-state index contributed by atoms with van der Waals surface area (Å²) < 4.78 is 5.09. The summed E-state index contributed by atoms with van der Waals surface area (Å²) >= 11 is 0. The summed E-state index contributed by atoms with van der Waals surface area (Å²) in [6, 6.07) is 0. The smallest absolute Gasteiger partial charge is 0.232 e. The standard InChI is InChI=1S/C6H11NO3/c1-2-9-6-3-5(4-8)7-10-6/h6,8H,2-4H2,1H3/t6-/m1/s1. The van der Waals surface area contributed by atoms with Crippen LogP contribution < -0.4 is 0 Å². The molecule has 0 fully saturated rings. The molecule has 10 heavy (non-hydrogen) atoms. The Bertz CT molecular complexity index is 135. The highest BCUT2D eigenvalue weighted by Gasteiger charge is 2.19. The van der Waals surface area contributed by atoms with Crippen molar-refractivity contribution < 1.29 is 14.7 Å². The molecule has 0 aromatic heterocycles. The number of oxime groups is 1. The van der Waals surface area contributed by atoms with Crippen LogP contribution in [0.25, 0.3) is 0 Å². The molecule has 1 N–H and O–H groups in total. The highest BCUT2D eigenvalue weighted by Crippen LogP contribution is 2.10. The molecule has 0 radical (unpaired) electrons. The van der Waals surface area contributed by atoms with Crippen LogP contribution in [0.15, 0.2) is 5.16 Å². The van der Waals surface area contributed by atoms with Crippen LogP contribution in [-0.2, 0) is 9.57 Å². The van der Waals surface area contributed by atoms with Gasteiger partial charge in [0.2, 0.25) is 6.29 Å². The van der Waals surface area contributed by atoms with E-state index >= 15 is 0 Å². The lowest BCUT2D eigenvalue weighted by molar-refractivity contribution is -0.120. The molecule has 0 spiro atoms. The first-order valence-electron chi connectivity index (χ1n) is 3.30. The van der Waals surface area contributed by atoms with Crippen molar-refractivity contribution in [2.75, 3.05) is 13.2 Å². The van der Waals surface area contributed by atoms with Crippen LogP contribution in [0.2, 0.25) is 0 Å². The van der Waals surface area contributed by atoms with Gasteiger partial charge in [-0.05, 0) is 6.92 Å². The summed E-state index contributed by atoms with van der Waals surface area (Å²) in [5.74, 6) is 0. The second-order valence-electron chi connectivity index (χ2n) is 2.01. The number of rotatable bonds is 3. The zero-order chi connectivity index (χ0) is 7.40. The lowest BCUT2D eigenvalue weighted by atomic mass is 10.3. The van der Waals surface area contributed by atoms with E-state index in [1.165, 1.54) is 0 Å². The maximum absolute atomic E-state index is 8.59. The molecule has 0 bridgehead atoms. The zero-order valence-corrected chi connectivity index (χ0v) is 5.91. The normalized spacial score (nSPS) is 24.2. The molecule has 0 unspecified atom stereocenters. The minimum atomic E-state index is -0.271. The molecule has 0 saturated carbocycles. The Hall–Kier alpha value is -0.610. The number of aliphatic hydroxyl groups is 1. The lowest BCUT2D eigenvalue weighted by Gasteiger charge is -2.05. The first-order chi connectivity index (χ1) is 4.86. The van der Waals surface area contributed by atoms with Gasteiger partial charge < -0.3 is 14.7 Å². The highest BCUT2D eigenvalue weighted by atomic mass is 16.8. The van der Waals surface area contributed by atoms with Gasteiger partial charge >= 0.3 is 0 Å². The molecule has 0 saturated heterocycles. The quantitative estimate of drug-likeness (QED) is 0.613. The van der Waals surface area contributed by atoms with Crippen LogP contribution in [0, 0.1) is 0 Å². The molecule has 1 aliphatic rings. The largest absolute Gasteiger partial charge is 0.390 e. The van der Waals surface area contributed by atoms with Crippen LogP contribution >= 0.6 is 0 Å². The van der Waals surface area contributed by atoms with Crippen molar-refractivity contribution in [2.24, 2.45) is 5.16 Å². The minimum Gasteiger partial charge on any atom is -0.390 e. The lowest BCUT2D eigenvalue weighted by Crippen LogP contribution is -2.13. The molecule has 0 aromatic rings. The SMILES string of the molecule is CCO[C@H]1CC(CO)=NO1. The van der Waals surface area contributed by atoms with Crippen LogP contribution in [0.3, 0.4) is 0 Å². The van der Waals surface area contributed by atoms with E-state index in [0.717, 1.165) is 0 Å². The Balaban J connectivity index is 2.22. The third-order valence-corrected chi connectivity index (χ3v) is 1.24. The highest BCUT2D eigenvalue weighted by molar-refractivity contribution is 5.86. The predicted molar refractivity (Wildman–Crippen MR) is 35.6 cm³/mol. The topological polar surface area (TPSA) is 51.0 Å². The first kappa shape index (κ1) is 7.50. The second kappa shape index (κ2) is 3.53. The number of hydrogen-bond acceptors (Lipinski definition) is 4. The van der Waals surface area contributed by atoms with Crippen molar-refractivity contribution in [1.29, 1.82) is 0 Å². The average Bonchev–Trinajstić information content (AvgIpc) is 2.37. The van der Waals surface area contributed by atoms with E-state index in [2.05, 4.69) is 5.16 Å². The molecular formula is C6H11NO3. The van der Waals surface area contributed by atoms with Crippen LogP contribution in [0.1, 0.15) is 13.3 Å². The fourth-order valence-electron chi connectivity index (χ4n) is 0.769. The van der Waals surface area contributed by atoms with Gasteiger partial charge in [0.15, 0.2) is 0 Å². The Labute approximate surface area is 59.4 Å². The van der Waals surface area contributed by atoms with Crippen LogP contribution in [0.5, 0.6) is 0 Å². The Morgan fingerprint density at radius 1 is 1.90 bits per heavy atom. The molecule has 0 amide bonds. The Morgan fingerprint density at radius 3 is 3.20 bits per heavy atom. The summed E-state index contributed by atoms with van der Waals surface area (Å²) in [5, 5.41) is 12.2. The van der Waals surface area contributed by atoms with E-state index in [1.807, 2.05) is 6.92 Å². The molecule has 4 nitrogen and oxygen atoms in total. The van der Waals surface area contributed by atoms with Crippen molar-refractivity contribution in [2.45, 2.75) is 19.6 Å². The number of aliphatic hydroxyl groups excluding tert-OH is 1. The van der Waals surface area contributed by atoms with Crippen LogP contribution in [-0.4, -0.2) is 30.3 Å². The van der Waals surface area contributed by atoms with Gasteiger partial charge in [-0.25, -0.2) is 0 Å². The summed E-state index contributed by atoms with van der Waals surface area (Å²) in [6.07, 6.45) is 0.316. The first-order valence-corrected chi connectivity index (χ1v) is 3.30. The fraction of sp³-hybridized carbons (Fsp3) is 0.833. The second-order valence-corrected chi connectivity index (χ2v) is 2.01. The van der Waals surface area contributed by atoms with Gasteiger partial charge in [-0.3, -0.25) is 0 Å². The summed E-state index contributed by atoms with van der Waals surface area (Å²) in [6.45, 7) is 2.46. The molecule has 1 heterocycles. The van der Waals surface area contributed by atoms with Gasteiger partial charge in [0.05, 0.1) is 18.7 Å². The monoisotopic (exact) mass is 145 g/mol. The van der Waals surface area contributed by atoms with E-state index in [9.17, 15) is 0 Å². The molecule has 0 aliphatic carbocycles. The molecule has 1 rings (SSSR count). The van der Waals surface area contributed by atoms with E-state index in [-0.39, 0.29) is 12.9 Å². The van der Waals surface area contributed by atoms with Gasteiger partial charge in [0, 0.05) is 6.61 Å². The maximum Gasteiger partial charge on any atom is 0.232 e. The number of nitrogens with zero attached hydrogens (tertiary/aromatic N) is 1. The maximum atomic E-state index is 8.59. The zero-order valence-electron chi connectivity index (χ0n) is 5.91. The minimum absolute atomic E-state index is 0.0381.